The van der Waals surface area contributed by atoms with Crippen molar-refractivity contribution in [3.05, 3.63) is 29.6 Å². The maximum absolute atomic E-state index is 13.4. The largest absolute Gasteiger partial charge is 0.490 e. The van der Waals surface area contributed by atoms with Gasteiger partial charge in [0.1, 0.15) is 0 Å². The summed E-state index contributed by atoms with van der Waals surface area (Å²) in [6.45, 7) is 2.44. The van der Waals surface area contributed by atoms with Crippen LogP contribution in [0.4, 0.5) is 4.39 Å². The topological polar surface area (TPSA) is 42.9 Å². The molecule has 2 rings (SSSR count). The molecule has 0 bridgehead atoms. The quantitative estimate of drug-likeness (QED) is 0.821. The first-order valence-corrected chi connectivity index (χ1v) is 4.67. The Morgan fingerprint density at radius 2 is 2.47 bits per heavy atom. The summed E-state index contributed by atoms with van der Waals surface area (Å²) >= 11 is 0. The summed E-state index contributed by atoms with van der Waals surface area (Å²) in [5.41, 5.74) is 3.18. The molecule has 0 aliphatic carbocycles. The molecule has 0 saturated carbocycles. The number of benzene rings is 1. The Labute approximate surface area is 86.7 Å². The molecule has 0 aromatic heterocycles. The van der Waals surface area contributed by atoms with Crippen LogP contribution in [0.1, 0.15) is 12.5 Å². The highest BCUT2D eigenvalue weighted by molar-refractivity contribution is 6.01. The molecular weight excluding hydrogens is 199 g/mol. The van der Waals surface area contributed by atoms with E-state index in [2.05, 4.69) is 10.5 Å². The smallest absolute Gasteiger partial charge is 0.167 e. The van der Waals surface area contributed by atoms with Crippen LogP contribution < -0.4 is 10.2 Å². The van der Waals surface area contributed by atoms with Crippen LogP contribution in [-0.4, -0.2) is 19.2 Å². The van der Waals surface area contributed by atoms with Crippen molar-refractivity contribution in [1.29, 1.82) is 0 Å². The standard InChI is InChI=1S/C10H11FN2O2/c1-2-14-9-7(4-3-5-8(9)11)10-12-6-15-13-10/h3-5H,2,6H2,1H3,(H,12,13). The highest BCUT2D eigenvalue weighted by Crippen LogP contribution is 2.23. The van der Waals surface area contributed by atoms with Gasteiger partial charge < -0.3 is 4.74 Å². The number of para-hydroxylation sites is 1. The second-order valence-corrected chi connectivity index (χ2v) is 2.93. The molecular formula is C10H11FN2O2. The Bertz CT molecular complexity index is 393. The van der Waals surface area contributed by atoms with Gasteiger partial charge >= 0.3 is 0 Å². The van der Waals surface area contributed by atoms with E-state index in [-0.39, 0.29) is 12.5 Å². The number of hydrogen-bond acceptors (Lipinski definition) is 4. The van der Waals surface area contributed by atoms with Crippen LogP contribution in [-0.2, 0) is 4.84 Å². The van der Waals surface area contributed by atoms with Gasteiger partial charge in [0.05, 0.1) is 12.2 Å². The molecule has 0 atom stereocenters. The van der Waals surface area contributed by atoms with Crippen molar-refractivity contribution in [2.24, 2.45) is 4.99 Å². The minimum absolute atomic E-state index is 0.205. The second-order valence-electron chi connectivity index (χ2n) is 2.93. The van der Waals surface area contributed by atoms with Crippen molar-refractivity contribution in [2.45, 2.75) is 6.92 Å². The van der Waals surface area contributed by atoms with Gasteiger partial charge in [-0.15, -0.1) is 0 Å². The number of amidine groups is 1. The molecule has 0 saturated heterocycles. The van der Waals surface area contributed by atoms with Crippen molar-refractivity contribution in [2.75, 3.05) is 13.3 Å². The van der Waals surface area contributed by atoms with Gasteiger partial charge in [-0.3, -0.25) is 4.84 Å². The molecule has 0 unspecified atom stereocenters. The minimum atomic E-state index is -0.397. The Kier molecular flexibility index (Phi) is 2.82. The Balaban J connectivity index is 2.40. The third-order valence-electron chi connectivity index (χ3n) is 1.97. The average molecular weight is 210 g/mol. The van der Waals surface area contributed by atoms with Gasteiger partial charge in [-0.1, -0.05) is 6.07 Å². The summed E-state index contributed by atoms with van der Waals surface area (Å²) in [5.74, 6) is 0.306. The summed E-state index contributed by atoms with van der Waals surface area (Å²) in [4.78, 5) is 8.88. The highest BCUT2D eigenvalue weighted by atomic mass is 19.1. The van der Waals surface area contributed by atoms with Gasteiger partial charge in [0.15, 0.2) is 24.1 Å². The molecule has 1 heterocycles. The predicted octanol–water partition coefficient (Wildman–Crippen LogP) is 1.46. The lowest BCUT2D eigenvalue weighted by Crippen LogP contribution is -2.19. The summed E-state index contributed by atoms with van der Waals surface area (Å²) < 4.78 is 18.7. The van der Waals surface area contributed by atoms with E-state index in [0.717, 1.165) is 0 Å². The first-order chi connectivity index (χ1) is 7.33. The fourth-order valence-corrected chi connectivity index (χ4v) is 1.36. The number of hydrogen-bond donors (Lipinski definition) is 1. The van der Waals surface area contributed by atoms with E-state index in [1.165, 1.54) is 6.07 Å². The van der Waals surface area contributed by atoms with Crippen LogP contribution in [0.15, 0.2) is 23.2 Å². The van der Waals surface area contributed by atoms with Crippen LogP contribution in [0.25, 0.3) is 0 Å². The van der Waals surface area contributed by atoms with Gasteiger partial charge in [0, 0.05) is 0 Å². The molecule has 0 radical (unpaired) electrons. The van der Waals surface area contributed by atoms with E-state index in [1.807, 2.05) is 0 Å². The Morgan fingerprint density at radius 1 is 1.60 bits per heavy atom. The normalized spacial score (nSPS) is 14.7. The molecule has 4 nitrogen and oxygen atoms in total. The lowest BCUT2D eigenvalue weighted by Gasteiger charge is -2.10. The van der Waals surface area contributed by atoms with Gasteiger partial charge in [-0.2, -0.15) is 0 Å². The zero-order valence-corrected chi connectivity index (χ0v) is 8.29. The van der Waals surface area contributed by atoms with E-state index < -0.39 is 5.82 Å². The van der Waals surface area contributed by atoms with E-state index in [9.17, 15) is 4.39 Å². The number of hydroxylamine groups is 1. The zero-order valence-electron chi connectivity index (χ0n) is 8.29. The van der Waals surface area contributed by atoms with Gasteiger partial charge in [0.2, 0.25) is 0 Å². The van der Waals surface area contributed by atoms with Gasteiger partial charge in [0.25, 0.3) is 0 Å². The Morgan fingerprint density at radius 3 is 3.13 bits per heavy atom. The van der Waals surface area contributed by atoms with Gasteiger partial charge in [-0.25, -0.2) is 14.9 Å². The summed E-state index contributed by atoms with van der Waals surface area (Å²) in [7, 11) is 0. The van der Waals surface area contributed by atoms with E-state index in [4.69, 9.17) is 9.57 Å². The van der Waals surface area contributed by atoms with Crippen LogP contribution >= 0.6 is 0 Å². The molecule has 15 heavy (non-hydrogen) atoms. The fourth-order valence-electron chi connectivity index (χ4n) is 1.36. The molecule has 1 N–H and O–H groups in total. The van der Waals surface area contributed by atoms with Crippen molar-refractivity contribution in [3.63, 3.8) is 0 Å². The first kappa shape index (κ1) is 9.92. The number of nitrogens with one attached hydrogen (secondary N) is 1. The van der Waals surface area contributed by atoms with E-state index >= 15 is 0 Å². The SMILES string of the molecule is CCOc1c(F)cccc1C1=NCON1. The molecule has 0 spiro atoms. The van der Waals surface area contributed by atoms with Crippen molar-refractivity contribution < 1.29 is 14.0 Å². The maximum atomic E-state index is 13.4. The lowest BCUT2D eigenvalue weighted by molar-refractivity contribution is 0.115. The first-order valence-electron chi connectivity index (χ1n) is 4.67. The summed E-state index contributed by atoms with van der Waals surface area (Å²) in [6, 6.07) is 4.69. The van der Waals surface area contributed by atoms with E-state index in [1.54, 1.807) is 19.1 Å². The van der Waals surface area contributed by atoms with Crippen molar-refractivity contribution >= 4 is 5.84 Å². The second kappa shape index (κ2) is 4.27. The molecule has 1 aromatic rings. The fraction of sp³-hybridized carbons (Fsp3) is 0.300. The minimum Gasteiger partial charge on any atom is -0.490 e. The molecule has 1 aliphatic heterocycles. The molecule has 0 amide bonds. The number of ether oxygens (including phenoxy) is 1. The summed E-state index contributed by atoms with van der Waals surface area (Å²) in [6.07, 6.45) is 0. The number of rotatable bonds is 3. The molecule has 1 aliphatic rings. The van der Waals surface area contributed by atoms with Crippen molar-refractivity contribution in [3.8, 4) is 5.75 Å². The number of nitrogens with zero attached hydrogens (tertiary/aromatic N) is 1. The van der Waals surface area contributed by atoms with Crippen LogP contribution in [0.5, 0.6) is 5.75 Å². The Hall–Kier alpha value is -1.62. The third-order valence-corrected chi connectivity index (χ3v) is 1.97. The zero-order chi connectivity index (χ0) is 10.7. The monoisotopic (exact) mass is 210 g/mol. The number of halogens is 1. The maximum Gasteiger partial charge on any atom is 0.167 e. The highest BCUT2D eigenvalue weighted by Gasteiger charge is 2.17. The van der Waals surface area contributed by atoms with E-state index in [0.29, 0.717) is 18.0 Å². The van der Waals surface area contributed by atoms with Crippen molar-refractivity contribution in [1.82, 2.24) is 5.48 Å². The van der Waals surface area contributed by atoms with Gasteiger partial charge in [-0.05, 0) is 19.1 Å². The molecule has 0 fully saturated rings. The van der Waals surface area contributed by atoms with Crippen LogP contribution in [0, 0.1) is 5.82 Å². The predicted molar refractivity (Wildman–Crippen MR) is 53.2 cm³/mol. The third kappa shape index (κ3) is 1.92. The lowest BCUT2D eigenvalue weighted by atomic mass is 10.2. The molecule has 5 heteroatoms. The molecule has 1 aromatic carbocycles. The molecule has 80 valence electrons. The van der Waals surface area contributed by atoms with Crippen LogP contribution in [0.3, 0.4) is 0 Å². The van der Waals surface area contributed by atoms with Crippen LogP contribution in [0.2, 0.25) is 0 Å². The average Bonchev–Trinajstić information content (AvgIpc) is 2.74. The summed E-state index contributed by atoms with van der Waals surface area (Å²) in [5, 5.41) is 0. The number of aliphatic imine (C=N–C) groups is 1.